The molecule has 0 amide bonds. The maximum atomic E-state index is 10.1. The first kappa shape index (κ1) is 13.2. The Morgan fingerprint density at radius 1 is 1.71 bits per heavy atom. The van der Waals surface area contributed by atoms with Gasteiger partial charge in [0.25, 0.3) is 6.20 Å². The number of nitrogens with zero attached hydrogens (tertiary/aromatic N) is 1. The Balaban J connectivity index is 3.58. The lowest BCUT2D eigenvalue weighted by Gasteiger charge is -2.06. The summed E-state index contributed by atoms with van der Waals surface area (Å²) in [5, 5.41) is 13.5. The largest absolute Gasteiger partial charge is 0.372 e. The molecule has 0 aromatic rings. The van der Waals surface area contributed by atoms with Crippen molar-refractivity contribution in [2.45, 2.75) is 0 Å². The molecule has 14 heavy (non-hydrogen) atoms. The molecule has 0 heterocycles. The van der Waals surface area contributed by atoms with Gasteiger partial charge in [-0.15, -0.1) is 11.8 Å². The van der Waals surface area contributed by atoms with Crippen molar-refractivity contribution in [3.05, 3.63) is 21.3 Å². The van der Waals surface area contributed by atoms with Gasteiger partial charge in [-0.25, -0.2) is 0 Å². The van der Waals surface area contributed by atoms with Crippen LogP contribution < -0.4 is 5.32 Å². The van der Waals surface area contributed by atoms with Crippen LogP contribution in [-0.4, -0.2) is 38.2 Å². The highest BCUT2D eigenvalue weighted by atomic mass is 32.2. The lowest BCUT2D eigenvalue weighted by Crippen LogP contribution is -2.18. The highest BCUT2D eigenvalue weighted by Crippen LogP contribution is 2.06. The third-order valence-electron chi connectivity index (χ3n) is 1.19. The number of thioether (sulfide) groups is 1. The highest BCUT2D eigenvalue weighted by Gasteiger charge is 1.99. The van der Waals surface area contributed by atoms with Gasteiger partial charge in [0.2, 0.25) is 0 Å². The summed E-state index contributed by atoms with van der Waals surface area (Å²) in [6, 6.07) is 0. The number of nitro groups is 1. The molecular weight excluding hydrogens is 208 g/mol. The molecule has 0 saturated carbocycles. The van der Waals surface area contributed by atoms with Gasteiger partial charge in [0.15, 0.2) is 0 Å². The average Bonchev–Trinajstić information content (AvgIpc) is 2.15. The molecule has 0 spiro atoms. The summed E-state index contributed by atoms with van der Waals surface area (Å²) in [6.07, 6.45) is 2.69. The summed E-state index contributed by atoms with van der Waals surface area (Å²) < 4.78 is 9.65. The fourth-order valence-electron chi connectivity index (χ4n) is 0.655. The van der Waals surface area contributed by atoms with Crippen LogP contribution in [0.1, 0.15) is 0 Å². The molecule has 1 N–H and O–H groups in total. The fraction of sp³-hybridized carbons (Fsp3) is 0.714. The van der Waals surface area contributed by atoms with Gasteiger partial charge in [-0.2, -0.15) is 0 Å². The Bertz CT molecular complexity index is 198. The monoisotopic (exact) mass is 222 g/mol. The minimum Gasteiger partial charge on any atom is -0.372 e. The van der Waals surface area contributed by atoms with Crippen molar-refractivity contribution < 1.29 is 14.4 Å². The van der Waals surface area contributed by atoms with Crippen molar-refractivity contribution in [3.8, 4) is 0 Å². The van der Waals surface area contributed by atoms with Crippen molar-refractivity contribution in [1.29, 1.82) is 0 Å². The maximum Gasteiger partial charge on any atom is 0.263 e. The van der Waals surface area contributed by atoms with Crippen molar-refractivity contribution in [1.82, 2.24) is 5.32 Å². The van der Waals surface area contributed by atoms with E-state index in [4.69, 9.17) is 4.74 Å². The number of methoxy groups -OCH3 is 1. The zero-order chi connectivity index (χ0) is 10.8. The van der Waals surface area contributed by atoms with Gasteiger partial charge in [-0.05, 0) is 6.26 Å². The van der Waals surface area contributed by atoms with E-state index >= 15 is 0 Å². The van der Waals surface area contributed by atoms with E-state index in [0.717, 1.165) is 6.20 Å². The van der Waals surface area contributed by atoms with Crippen LogP contribution in [0.5, 0.6) is 0 Å². The lowest BCUT2D eigenvalue weighted by molar-refractivity contribution is -0.403. The quantitative estimate of drug-likeness (QED) is 0.281. The molecule has 82 valence electrons. The molecule has 0 atom stereocenters. The van der Waals surface area contributed by atoms with Crippen LogP contribution in [0.2, 0.25) is 0 Å². The zero-order valence-corrected chi connectivity index (χ0v) is 9.00. The smallest absolute Gasteiger partial charge is 0.263 e. The molecule has 7 heteroatoms. The Hall–Kier alpha value is -0.790. The number of rotatable bonds is 8. The Morgan fingerprint density at radius 3 is 2.93 bits per heavy atom. The Kier molecular flexibility index (Phi) is 8.30. The van der Waals surface area contributed by atoms with Crippen LogP contribution in [0.15, 0.2) is 11.2 Å². The predicted octanol–water partition coefficient (Wildman–Crippen LogP) is 0.635. The highest BCUT2D eigenvalue weighted by molar-refractivity contribution is 8.02. The van der Waals surface area contributed by atoms with Crippen molar-refractivity contribution in [3.63, 3.8) is 0 Å². The molecule has 6 nitrogen and oxygen atoms in total. The lowest BCUT2D eigenvalue weighted by atomic mass is 10.7. The van der Waals surface area contributed by atoms with E-state index in [1.807, 2.05) is 0 Å². The predicted molar refractivity (Wildman–Crippen MR) is 54.4 cm³/mol. The minimum atomic E-state index is -0.491. The summed E-state index contributed by atoms with van der Waals surface area (Å²) in [4.78, 5) is 9.64. The molecule has 0 aromatic heterocycles. The van der Waals surface area contributed by atoms with Gasteiger partial charge < -0.3 is 14.8 Å². The summed E-state index contributed by atoms with van der Waals surface area (Å²) >= 11 is 1.28. The molecule has 0 fully saturated rings. The van der Waals surface area contributed by atoms with Gasteiger partial charge >= 0.3 is 0 Å². The van der Waals surface area contributed by atoms with E-state index in [1.54, 1.807) is 6.26 Å². The Morgan fingerprint density at radius 2 is 2.43 bits per heavy atom. The third kappa shape index (κ3) is 7.84. The van der Waals surface area contributed by atoms with Crippen LogP contribution in [-0.2, 0) is 9.47 Å². The van der Waals surface area contributed by atoms with E-state index in [0.29, 0.717) is 18.2 Å². The summed E-state index contributed by atoms with van der Waals surface area (Å²) in [6.45, 7) is 1.20. The molecular formula is C7H14N2O4S. The maximum absolute atomic E-state index is 10.1. The first-order valence-electron chi connectivity index (χ1n) is 3.90. The van der Waals surface area contributed by atoms with Crippen LogP contribution in [0.3, 0.4) is 0 Å². The van der Waals surface area contributed by atoms with E-state index in [9.17, 15) is 10.1 Å². The van der Waals surface area contributed by atoms with Crippen molar-refractivity contribution >= 4 is 11.8 Å². The molecule has 0 rings (SSSR count). The molecule has 0 unspecified atom stereocenters. The van der Waals surface area contributed by atoms with Crippen LogP contribution >= 0.6 is 11.8 Å². The topological polar surface area (TPSA) is 73.6 Å². The molecule has 0 aliphatic carbocycles. The SMILES string of the molecule is COCOCCN/C(=C/[N+](=O)[O-])SC. The van der Waals surface area contributed by atoms with E-state index in [-0.39, 0.29) is 6.79 Å². The Labute approximate surface area is 86.8 Å². The molecule has 0 bridgehead atoms. The van der Waals surface area contributed by atoms with E-state index in [1.165, 1.54) is 18.9 Å². The van der Waals surface area contributed by atoms with E-state index < -0.39 is 4.92 Å². The average molecular weight is 222 g/mol. The molecule has 0 aliphatic heterocycles. The van der Waals surface area contributed by atoms with Crippen LogP contribution in [0.25, 0.3) is 0 Å². The first-order valence-corrected chi connectivity index (χ1v) is 5.13. The number of ether oxygens (including phenoxy) is 2. The summed E-state index contributed by atoms with van der Waals surface area (Å²) in [5.41, 5.74) is 0. The minimum absolute atomic E-state index is 0.231. The molecule has 0 aliphatic rings. The van der Waals surface area contributed by atoms with Crippen molar-refractivity contribution in [2.75, 3.05) is 33.3 Å². The summed E-state index contributed by atoms with van der Waals surface area (Å²) in [7, 11) is 1.54. The normalized spacial score (nSPS) is 11.4. The van der Waals surface area contributed by atoms with Gasteiger partial charge in [0, 0.05) is 13.7 Å². The summed E-state index contributed by atoms with van der Waals surface area (Å²) in [5.74, 6) is 0. The van der Waals surface area contributed by atoms with Gasteiger partial charge in [0.1, 0.15) is 11.8 Å². The van der Waals surface area contributed by atoms with Gasteiger partial charge in [0.05, 0.1) is 11.5 Å². The van der Waals surface area contributed by atoms with E-state index in [2.05, 4.69) is 10.1 Å². The number of hydrogen-bond donors (Lipinski definition) is 1. The fourth-order valence-corrected chi connectivity index (χ4v) is 1.09. The standard InChI is InChI=1S/C7H14N2O4S/c1-12-6-13-4-3-8-7(14-2)5-9(10)11/h5,8H,3-4,6H2,1-2H3/b7-5-. The third-order valence-corrected chi connectivity index (χ3v) is 1.88. The number of hydrogen-bond acceptors (Lipinski definition) is 6. The second kappa shape index (κ2) is 8.79. The molecule has 0 aromatic carbocycles. The van der Waals surface area contributed by atoms with Gasteiger partial charge in [-0.1, -0.05) is 0 Å². The second-order valence-corrected chi connectivity index (χ2v) is 3.07. The zero-order valence-electron chi connectivity index (χ0n) is 8.19. The van der Waals surface area contributed by atoms with Crippen LogP contribution in [0, 0.1) is 10.1 Å². The number of nitrogens with one attached hydrogen (secondary N) is 1. The molecule has 0 radical (unpaired) electrons. The molecule has 0 saturated heterocycles. The van der Waals surface area contributed by atoms with Gasteiger partial charge in [-0.3, -0.25) is 10.1 Å². The van der Waals surface area contributed by atoms with Crippen LogP contribution in [0.4, 0.5) is 0 Å². The second-order valence-electron chi connectivity index (χ2n) is 2.22. The van der Waals surface area contributed by atoms with Crippen molar-refractivity contribution in [2.24, 2.45) is 0 Å². The first-order chi connectivity index (χ1) is 6.70.